The van der Waals surface area contributed by atoms with Gasteiger partial charge in [0.1, 0.15) is 13.2 Å². The van der Waals surface area contributed by atoms with Crippen LogP contribution in [0.3, 0.4) is 0 Å². The first-order chi connectivity index (χ1) is 12.5. The molecule has 0 N–H and O–H groups in total. The summed E-state index contributed by atoms with van der Waals surface area (Å²) in [4.78, 5) is 0. The van der Waals surface area contributed by atoms with Gasteiger partial charge in [0.25, 0.3) is 5.22 Å². The Balaban J connectivity index is 1.38. The number of hydrogen-bond acceptors (Lipinski definition) is 8. The minimum absolute atomic E-state index is 0.0743. The Hall–Kier alpha value is -1.26. The number of hydrogen-bond donors (Lipinski definition) is 0. The number of aromatic nitrogens is 2. The van der Waals surface area contributed by atoms with E-state index in [1.54, 1.807) is 0 Å². The van der Waals surface area contributed by atoms with Gasteiger partial charge in [-0.15, -0.1) is 10.2 Å². The molecular weight excluding hydrogens is 444 g/mol. The van der Waals surface area contributed by atoms with E-state index in [0.29, 0.717) is 42.9 Å². The van der Waals surface area contributed by atoms with Crippen molar-refractivity contribution in [3.8, 4) is 11.5 Å². The van der Waals surface area contributed by atoms with Crippen molar-refractivity contribution in [2.45, 2.75) is 23.8 Å². The molecule has 2 aromatic rings. The van der Waals surface area contributed by atoms with E-state index in [4.69, 9.17) is 13.9 Å². The summed E-state index contributed by atoms with van der Waals surface area (Å²) in [5.41, 5.74) is 1.04. The van der Waals surface area contributed by atoms with Crippen LogP contribution < -0.4 is 9.47 Å². The first-order valence-corrected chi connectivity index (χ1v) is 11.8. The van der Waals surface area contributed by atoms with Crippen molar-refractivity contribution in [1.29, 1.82) is 0 Å². The van der Waals surface area contributed by atoms with E-state index in [0.717, 1.165) is 21.5 Å². The summed E-state index contributed by atoms with van der Waals surface area (Å²) in [6.07, 6.45) is 1.18. The second-order valence-corrected chi connectivity index (χ2v) is 10.3. The Kier molecular flexibility index (Phi) is 5.15. The summed E-state index contributed by atoms with van der Waals surface area (Å²) in [5.74, 6) is 3.15. The molecule has 0 aliphatic carbocycles. The molecule has 0 saturated carbocycles. The zero-order valence-corrected chi connectivity index (χ0v) is 17.0. The number of fused-ring (bicyclic) bond motifs is 1. The van der Waals surface area contributed by atoms with E-state index in [9.17, 15) is 8.42 Å². The van der Waals surface area contributed by atoms with Crippen LogP contribution in [0, 0.1) is 5.92 Å². The molecule has 7 nitrogen and oxygen atoms in total. The first-order valence-electron chi connectivity index (χ1n) is 8.22. The Morgan fingerprint density at radius 2 is 1.96 bits per heavy atom. The molecule has 1 fully saturated rings. The summed E-state index contributed by atoms with van der Waals surface area (Å²) in [5, 5.41) is 8.57. The number of halogens is 1. The zero-order valence-electron chi connectivity index (χ0n) is 13.8. The number of thioether (sulfide) groups is 1. The Morgan fingerprint density at radius 1 is 1.19 bits per heavy atom. The van der Waals surface area contributed by atoms with Crippen molar-refractivity contribution in [2.75, 3.05) is 24.7 Å². The Labute approximate surface area is 163 Å². The third-order valence-electron chi connectivity index (χ3n) is 4.30. The van der Waals surface area contributed by atoms with Gasteiger partial charge < -0.3 is 13.9 Å². The van der Waals surface area contributed by atoms with Crippen LogP contribution >= 0.6 is 27.7 Å². The number of rotatable bonds is 5. The van der Waals surface area contributed by atoms with Gasteiger partial charge in [-0.3, -0.25) is 0 Å². The van der Waals surface area contributed by atoms with Gasteiger partial charge in [0.2, 0.25) is 5.89 Å². The van der Waals surface area contributed by atoms with E-state index >= 15 is 0 Å². The molecular formula is C16H17BrN2O5S2. The van der Waals surface area contributed by atoms with E-state index in [2.05, 4.69) is 26.1 Å². The zero-order chi connectivity index (χ0) is 18.1. The minimum atomic E-state index is -2.89. The average molecular weight is 461 g/mol. The maximum atomic E-state index is 11.5. The van der Waals surface area contributed by atoms with Gasteiger partial charge in [0, 0.05) is 16.6 Å². The largest absolute Gasteiger partial charge is 0.486 e. The number of ether oxygens (including phenoxy) is 2. The molecule has 0 amide bonds. The highest BCUT2D eigenvalue weighted by Crippen LogP contribution is 2.37. The summed E-state index contributed by atoms with van der Waals surface area (Å²) in [6.45, 7) is 1.10. The van der Waals surface area contributed by atoms with Gasteiger partial charge >= 0.3 is 0 Å². The Morgan fingerprint density at radius 3 is 2.69 bits per heavy atom. The highest BCUT2D eigenvalue weighted by atomic mass is 79.9. The highest BCUT2D eigenvalue weighted by Gasteiger charge is 2.29. The third-order valence-corrected chi connectivity index (χ3v) is 7.74. The fourth-order valence-corrected chi connectivity index (χ4v) is 6.30. The van der Waals surface area contributed by atoms with Crippen LogP contribution in [0.5, 0.6) is 11.5 Å². The fourth-order valence-electron chi connectivity index (χ4n) is 3.02. The van der Waals surface area contributed by atoms with Crippen molar-refractivity contribution in [1.82, 2.24) is 10.2 Å². The maximum Gasteiger partial charge on any atom is 0.276 e. The van der Waals surface area contributed by atoms with E-state index in [1.807, 2.05) is 12.1 Å². The topological polar surface area (TPSA) is 91.5 Å². The SMILES string of the molecule is O=S1(=O)CCC(Cc2nnc(SCc3cc4c(cc3Br)OCCO4)o2)C1. The molecule has 2 aliphatic rings. The average Bonchev–Trinajstić information content (AvgIpc) is 3.19. The van der Waals surface area contributed by atoms with Gasteiger partial charge in [-0.05, 0) is 30.0 Å². The van der Waals surface area contributed by atoms with Gasteiger partial charge in [-0.25, -0.2) is 8.42 Å². The van der Waals surface area contributed by atoms with Gasteiger partial charge in [-0.1, -0.05) is 27.7 Å². The number of sulfone groups is 1. The molecule has 3 heterocycles. The van der Waals surface area contributed by atoms with Crippen LogP contribution in [0.2, 0.25) is 0 Å². The molecule has 26 heavy (non-hydrogen) atoms. The molecule has 0 bridgehead atoms. The van der Waals surface area contributed by atoms with Crippen LogP contribution in [0.4, 0.5) is 0 Å². The fraction of sp³-hybridized carbons (Fsp3) is 0.500. The predicted molar refractivity (Wildman–Crippen MR) is 99.5 cm³/mol. The molecule has 4 rings (SSSR count). The smallest absolute Gasteiger partial charge is 0.276 e. The van der Waals surface area contributed by atoms with Crippen molar-refractivity contribution in [2.24, 2.45) is 5.92 Å². The lowest BCUT2D eigenvalue weighted by Gasteiger charge is -2.19. The van der Waals surface area contributed by atoms with E-state index in [-0.39, 0.29) is 17.4 Å². The normalized spacial score (nSPS) is 21.0. The van der Waals surface area contributed by atoms with Crippen molar-refractivity contribution in [3.05, 3.63) is 28.1 Å². The molecule has 10 heteroatoms. The molecule has 1 atom stereocenters. The molecule has 1 aromatic carbocycles. The minimum Gasteiger partial charge on any atom is -0.486 e. The van der Waals surface area contributed by atoms with Crippen LogP contribution in [0.25, 0.3) is 0 Å². The molecule has 1 aromatic heterocycles. The Bertz CT molecular complexity index is 915. The third kappa shape index (κ3) is 4.17. The van der Waals surface area contributed by atoms with Crippen LogP contribution in [-0.4, -0.2) is 43.3 Å². The maximum absolute atomic E-state index is 11.5. The summed E-state index contributed by atoms with van der Waals surface area (Å²) in [7, 11) is -2.89. The van der Waals surface area contributed by atoms with Crippen molar-refractivity contribution < 1.29 is 22.3 Å². The number of benzene rings is 1. The van der Waals surface area contributed by atoms with Gasteiger partial charge in [0.05, 0.1) is 11.5 Å². The molecule has 1 unspecified atom stereocenters. The summed E-state index contributed by atoms with van der Waals surface area (Å²) in [6, 6.07) is 3.86. The number of nitrogens with zero attached hydrogens (tertiary/aromatic N) is 2. The molecule has 140 valence electrons. The summed E-state index contributed by atoms with van der Waals surface area (Å²) >= 11 is 4.98. The van der Waals surface area contributed by atoms with Crippen LogP contribution in [0.15, 0.2) is 26.2 Å². The van der Waals surface area contributed by atoms with Crippen molar-refractivity contribution >= 4 is 37.5 Å². The molecule has 1 saturated heterocycles. The van der Waals surface area contributed by atoms with E-state index in [1.165, 1.54) is 11.8 Å². The van der Waals surface area contributed by atoms with Gasteiger partial charge in [0.15, 0.2) is 21.3 Å². The summed E-state index contributed by atoms with van der Waals surface area (Å²) < 4.78 is 40.8. The van der Waals surface area contributed by atoms with Crippen LogP contribution in [-0.2, 0) is 22.0 Å². The lowest BCUT2D eigenvalue weighted by molar-refractivity contribution is 0.171. The second kappa shape index (κ2) is 7.40. The lowest BCUT2D eigenvalue weighted by atomic mass is 10.1. The van der Waals surface area contributed by atoms with E-state index < -0.39 is 9.84 Å². The lowest BCUT2D eigenvalue weighted by Crippen LogP contribution is -2.15. The van der Waals surface area contributed by atoms with Crippen molar-refractivity contribution in [3.63, 3.8) is 0 Å². The molecule has 0 spiro atoms. The first kappa shape index (κ1) is 18.1. The second-order valence-electron chi connectivity index (χ2n) is 6.31. The molecule has 0 radical (unpaired) electrons. The highest BCUT2D eigenvalue weighted by molar-refractivity contribution is 9.10. The predicted octanol–water partition coefficient (Wildman–Crippen LogP) is 2.87. The quantitative estimate of drug-likeness (QED) is 0.628. The standard InChI is InChI=1S/C16H17BrN2O5S2/c17-12-7-14-13(22-2-3-23-14)6-11(12)8-25-16-19-18-15(24-16)5-10-1-4-26(20,21)9-10/h6-7,10H,1-5,8-9H2. The monoisotopic (exact) mass is 460 g/mol. The van der Waals surface area contributed by atoms with Gasteiger partial charge in [-0.2, -0.15) is 0 Å². The van der Waals surface area contributed by atoms with Crippen LogP contribution in [0.1, 0.15) is 17.9 Å². The molecule has 2 aliphatic heterocycles.